The average Bonchev–Trinajstić information content (AvgIpc) is 3.07. The quantitative estimate of drug-likeness (QED) is 0.590. The Morgan fingerprint density at radius 2 is 2.03 bits per heavy atom. The smallest absolute Gasteiger partial charge is 0.259 e. The number of fused-ring (bicyclic) bond motifs is 1. The number of aromatic amines is 1. The highest BCUT2D eigenvalue weighted by Gasteiger charge is 2.27. The molecule has 0 aliphatic carbocycles. The maximum absolute atomic E-state index is 12.7. The van der Waals surface area contributed by atoms with Gasteiger partial charge in [-0.15, -0.1) is 11.3 Å². The number of halogens is 1. The summed E-state index contributed by atoms with van der Waals surface area (Å²) in [4.78, 5) is 52.5. The van der Waals surface area contributed by atoms with Crippen LogP contribution in [0.4, 0.5) is 5.82 Å². The summed E-state index contributed by atoms with van der Waals surface area (Å²) in [6.45, 7) is 4.94. The normalized spacial score (nSPS) is 14.7. The van der Waals surface area contributed by atoms with Gasteiger partial charge in [0, 0.05) is 42.9 Å². The maximum Gasteiger partial charge on any atom is 0.259 e. The zero-order valence-corrected chi connectivity index (χ0v) is 19.5. The Morgan fingerprint density at radius 3 is 2.72 bits per heavy atom. The lowest BCUT2D eigenvalue weighted by molar-refractivity contribution is -0.134. The molecule has 10 heteroatoms. The summed E-state index contributed by atoms with van der Waals surface area (Å²) < 4.78 is 0. The molecular weight excluding hydrogens is 450 g/mol. The largest absolute Gasteiger partial charge is 0.343 e. The minimum absolute atomic E-state index is 0.00418. The lowest BCUT2D eigenvalue weighted by Gasteiger charge is -2.31. The fourth-order valence-corrected chi connectivity index (χ4v) is 5.03. The number of piperidine rings is 1. The van der Waals surface area contributed by atoms with Gasteiger partial charge in [0.25, 0.3) is 5.56 Å². The predicted molar refractivity (Wildman–Crippen MR) is 125 cm³/mol. The first kappa shape index (κ1) is 22.4. The number of carbonyl (C=O) groups is 2. The third-order valence-corrected chi connectivity index (χ3v) is 7.19. The minimum Gasteiger partial charge on any atom is -0.343 e. The van der Waals surface area contributed by atoms with Crippen molar-refractivity contribution in [1.82, 2.24) is 19.9 Å². The molecule has 0 atom stereocenters. The maximum atomic E-state index is 12.7. The number of hydrogen-bond donors (Lipinski definition) is 2. The van der Waals surface area contributed by atoms with Crippen LogP contribution in [0, 0.1) is 19.8 Å². The zero-order valence-electron chi connectivity index (χ0n) is 17.9. The first-order valence-electron chi connectivity index (χ1n) is 10.5. The molecule has 0 spiro atoms. The van der Waals surface area contributed by atoms with Crippen LogP contribution in [0.5, 0.6) is 0 Å². The molecule has 1 saturated heterocycles. The van der Waals surface area contributed by atoms with Crippen LogP contribution in [0.2, 0.25) is 5.02 Å². The van der Waals surface area contributed by atoms with Crippen LogP contribution in [-0.4, -0.2) is 44.8 Å². The van der Waals surface area contributed by atoms with Crippen LogP contribution in [0.25, 0.3) is 10.2 Å². The average molecular weight is 474 g/mol. The molecular formula is C22H24ClN5O3S. The van der Waals surface area contributed by atoms with Crippen LogP contribution >= 0.6 is 22.9 Å². The summed E-state index contributed by atoms with van der Waals surface area (Å²) in [6, 6.07) is 3.33. The molecule has 0 saturated carbocycles. The fourth-order valence-electron chi connectivity index (χ4n) is 3.87. The number of amides is 2. The number of aromatic nitrogens is 3. The monoisotopic (exact) mass is 473 g/mol. The molecule has 1 aliphatic rings. The van der Waals surface area contributed by atoms with E-state index in [2.05, 4.69) is 20.3 Å². The van der Waals surface area contributed by atoms with Gasteiger partial charge in [-0.2, -0.15) is 0 Å². The number of carbonyl (C=O) groups excluding carboxylic acids is 2. The molecule has 32 heavy (non-hydrogen) atoms. The van der Waals surface area contributed by atoms with Gasteiger partial charge in [-0.25, -0.2) is 9.97 Å². The van der Waals surface area contributed by atoms with E-state index in [0.29, 0.717) is 59.2 Å². The van der Waals surface area contributed by atoms with Crippen LogP contribution in [-0.2, 0) is 16.0 Å². The Kier molecular flexibility index (Phi) is 6.57. The van der Waals surface area contributed by atoms with Gasteiger partial charge in [0.2, 0.25) is 11.8 Å². The van der Waals surface area contributed by atoms with E-state index in [1.54, 1.807) is 17.0 Å². The van der Waals surface area contributed by atoms with E-state index >= 15 is 0 Å². The summed E-state index contributed by atoms with van der Waals surface area (Å²) in [7, 11) is 0. The number of rotatable bonds is 5. The third-order valence-electron chi connectivity index (χ3n) is 5.86. The second-order valence-electron chi connectivity index (χ2n) is 7.98. The Balaban J connectivity index is 1.29. The number of hydrogen-bond acceptors (Lipinski definition) is 6. The van der Waals surface area contributed by atoms with Crippen molar-refractivity contribution in [3.63, 3.8) is 0 Å². The van der Waals surface area contributed by atoms with E-state index in [9.17, 15) is 14.4 Å². The second kappa shape index (κ2) is 9.38. The summed E-state index contributed by atoms with van der Waals surface area (Å²) in [6.07, 6.45) is 3.32. The highest BCUT2D eigenvalue weighted by atomic mass is 35.5. The van der Waals surface area contributed by atoms with Gasteiger partial charge in [-0.3, -0.25) is 14.4 Å². The van der Waals surface area contributed by atoms with Gasteiger partial charge < -0.3 is 15.2 Å². The third kappa shape index (κ3) is 4.83. The van der Waals surface area contributed by atoms with Crippen molar-refractivity contribution < 1.29 is 9.59 Å². The van der Waals surface area contributed by atoms with Gasteiger partial charge in [0.05, 0.1) is 10.4 Å². The van der Waals surface area contributed by atoms with Gasteiger partial charge in [-0.05, 0) is 44.4 Å². The van der Waals surface area contributed by atoms with E-state index in [4.69, 9.17) is 11.6 Å². The SMILES string of the molecule is Cc1sc2nc(CCC(=O)N3CCC(C(=O)Nc4ccc(Cl)cn4)CC3)[nH]c(=O)c2c1C. The zero-order chi connectivity index (χ0) is 22.8. The Morgan fingerprint density at radius 1 is 1.28 bits per heavy atom. The first-order valence-corrected chi connectivity index (χ1v) is 11.7. The van der Waals surface area contributed by atoms with Crippen molar-refractivity contribution >= 4 is 50.8 Å². The van der Waals surface area contributed by atoms with E-state index in [1.165, 1.54) is 17.5 Å². The van der Waals surface area contributed by atoms with Gasteiger partial charge in [0.15, 0.2) is 0 Å². The summed E-state index contributed by atoms with van der Waals surface area (Å²) in [5.41, 5.74) is 0.807. The fraction of sp³-hybridized carbons (Fsp3) is 0.409. The molecule has 3 aromatic rings. The minimum atomic E-state index is -0.165. The van der Waals surface area contributed by atoms with Crippen molar-refractivity contribution in [1.29, 1.82) is 0 Å². The number of anilines is 1. The number of aryl methyl sites for hydroxylation is 3. The highest BCUT2D eigenvalue weighted by Crippen LogP contribution is 2.26. The number of pyridine rings is 1. The molecule has 4 heterocycles. The van der Waals surface area contributed by atoms with Crippen molar-refractivity contribution in [3.8, 4) is 0 Å². The van der Waals surface area contributed by atoms with E-state index in [0.717, 1.165) is 10.4 Å². The topological polar surface area (TPSA) is 108 Å². The number of nitrogens with zero attached hydrogens (tertiary/aromatic N) is 3. The predicted octanol–water partition coefficient (Wildman–Crippen LogP) is 3.46. The molecule has 0 radical (unpaired) electrons. The van der Waals surface area contributed by atoms with Crippen LogP contribution in [0.15, 0.2) is 23.1 Å². The Labute approximate surface area is 194 Å². The van der Waals surface area contributed by atoms with E-state index in [1.807, 2.05) is 13.8 Å². The number of H-pyrrole nitrogens is 1. The highest BCUT2D eigenvalue weighted by molar-refractivity contribution is 7.18. The van der Waals surface area contributed by atoms with Crippen molar-refractivity contribution in [2.45, 2.75) is 39.5 Å². The van der Waals surface area contributed by atoms with Crippen LogP contribution in [0.1, 0.15) is 35.5 Å². The molecule has 168 valence electrons. The molecule has 3 aromatic heterocycles. The van der Waals surface area contributed by atoms with E-state index < -0.39 is 0 Å². The Hall–Kier alpha value is -2.78. The lowest BCUT2D eigenvalue weighted by atomic mass is 9.95. The summed E-state index contributed by atoms with van der Waals surface area (Å²) in [5, 5.41) is 3.95. The first-order chi connectivity index (χ1) is 15.3. The van der Waals surface area contributed by atoms with Crippen LogP contribution in [0.3, 0.4) is 0 Å². The molecule has 0 bridgehead atoms. The lowest BCUT2D eigenvalue weighted by Crippen LogP contribution is -2.41. The second-order valence-corrected chi connectivity index (χ2v) is 9.62. The van der Waals surface area contributed by atoms with Crippen molar-refractivity contribution in [2.75, 3.05) is 18.4 Å². The number of nitrogens with one attached hydrogen (secondary N) is 2. The standard InChI is InChI=1S/C22H24ClN5O3S/c1-12-13(2)32-22-19(12)21(31)26-17(27-22)5-6-18(29)28-9-7-14(8-10-28)20(30)25-16-4-3-15(23)11-24-16/h3-4,11,14H,5-10H2,1-2H3,(H,24,25,30)(H,26,27,31). The molecule has 0 unspecified atom stereocenters. The summed E-state index contributed by atoms with van der Waals surface area (Å²) in [5.74, 6) is 0.740. The summed E-state index contributed by atoms with van der Waals surface area (Å²) >= 11 is 7.31. The van der Waals surface area contributed by atoms with Crippen LogP contribution < -0.4 is 10.9 Å². The molecule has 4 rings (SSSR count). The van der Waals surface area contributed by atoms with E-state index in [-0.39, 0.29) is 29.7 Å². The van der Waals surface area contributed by atoms with Gasteiger partial charge >= 0.3 is 0 Å². The van der Waals surface area contributed by atoms with Crippen molar-refractivity contribution in [3.05, 3.63) is 50.0 Å². The number of thiophene rings is 1. The van der Waals surface area contributed by atoms with Gasteiger partial charge in [-0.1, -0.05) is 11.6 Å². The molecule has 2 amide bonds. The van der Waals surface area contributed by atoms with Crippen molar-refractivity contribution in [2.24, 2.45) is 5.92 Å². The molecule has 1 aliphatic heterocycles. The molecule has 1 fully saturated rings. The molecule has 8 nitrogen and oxygen atoms in total. The molecule has 2 N–H and O–H groups in total. The van der Waals surface area contributed by atoms with Gasteiger partial charge in [0.1, 0.15) is 16.5 Å². The molecule has 0 aromatic carbocycles. The Bertz CT molecular complexity index is 1210. The number of likely N-dealkylation sites (tertiary alicyclic amines) is 1.